The number of hydrogen-bond acceptors (Lipinski definition) is 5. The van der Waals surface area contributed by atoms with Crippen LogP contribution in [0, 0.1) is 13.8 Å². The summed E-state index contributed by atoms with van der Waals surface area (Å²) in [5.41, 5.74) is 1.87. The quantitative estimate of drug-likeness (QED) is 0.871. The lowest BCUT2D eigenvalue weighted by molar-refractivity contribution is -0.0348. The van der Waals surface area contributed by atoms with Crippen LogP contribution in [-0.4, -0.2) is 34.6 Å². The van der Waals surface area contributed by atoms with Gasteiger partial charge in [0, 0.05) is 35.6 Å². The molecule has 1 aliphatic heterocycles. The standard InChI is InChI=1S/C15H19N3OS/c1-11-7-17-14(8-16-11)15-10-18(5-6-19-15)9-13-4-3-12(2)20-13/h3-4,7-8,15H,5-6,9-10H2,1-2H3. The third-order valence-electron chi connectivity index (χ3n) is 3.46. The summed E-state index contributed by atoms with van der Waals surface area (Å²) >= 11 is 1.87. The van der Waals surface area contributed by atoms with Gasteiger partial charge in [0.1, 0.15) is 6.10 Å². The van der Waals surface area contributed by atoms with Gasteiger partial charge in [-0.3, -0.25) is 14.9 Å². The SMILES string of the molecule is Cc1cnc(C2CN(Cc3ccc(C)s3)CCO2)cn1. The van der Waals surface area contributed by atoms with E-state index in [1.807, 2.05) is 24.5 Å². The number of rotatable bonds is 3. The first-order valence-electron chi connectivity index (χ1n) is 6.88. The molecule has 5 heteroatoms. The minimum Gasteiger partial charge on any atom is -0.369 e. The van der Waals surface area contributed by atoms with Gasteiger partial charge in [-0.2, -0.15) is 0 Å². The normalized spacial score (nSPS) is 20.2. The second-order valence-electron chi connectivity index (χ2n) is 5.19. The van der Waals surface area contributed by atoms with Crippen LogP contribution in [0.2, 0.25) is 0 Å². The third-order valence-corrected chi connectivity index (χ3v) is 4.44. The van der Waals surface area contributed by atoms with E-state index in [1.54, 1.807) is 6.20 Å². The predicted molar refractivity (Wildman–Crippen MR) is 79.8 cm³/mol. The highest BCUT2D eigenvalue weighted by Crippen LogP contribution is 2.23. The molecule has 0 bridgehead atoms. The van der Waals surface area contributed by atoms with E-state index in [1.165, 1.54) is 9.75 Å². The molecule has 2 aromatic heterocycles. The van der Waals surface area contributed by atoms with Crippen molar-refractivity contribution in [3.63, 3.8) is 0 Å². The van der Waals surface area contributed by atoms with Crippen LogP contribution in [0.15, 0.2) is 24.5 Å². The number of hydrogen-bond donors (Lipinski definition) is 0. The van der Waals surface area contributed by atoms with Crippen LogP contribution in [0.4, 0.5) is 0 Å². The van der Waals surface area contributed by atoms with Crippen LogP contribution >= 0.6 is 11.3 Å². The summed E-state index contributed by atoms with van der Waals surface area (Å²) in [6, 6.07) is 4.40. The van der Waals surface area contributed by atoms with Gasteiger partial charge in [0.25, 0.3) is 0 Å². The van der Waals surface area contributed by atoms with Gasteiger partial charge >= 0.3 is 0 Å². The Morgan fingerprint density at radius 3 is 2.90 bits per heavy atom. The fourth-order valence-corrected chi connectivity index (χ4v) is 3.32. The van der Waals surface area contributed by atoms with Crippen molar-refractivity contribution in [2.24, 2.45) is 0 Å². The molecule has 0 aromatic carbocycles. The molecule has 0 amide bonds. The van der Waals surface area contributed by atoms with Crippen molar-refractivity contribution in [1.82, 2.24) is 14.9 Å². The van der Waals surface area contributed by atoms with Crippen molar-refractivity contribution in [2.75, 3.05) is 19.7 Å². The number of aryl methyl sites for hydroxylation is 2. The van der Waals surface area contributed by atoms with Gasteiger partial charge < -0.3 is 4.74 Å². The minimum absolute atomic E-state index is 0.0397. The molecule has 0 radical (unpaired) electrons. The van der Waals surface area contributed by atoms with E-state index in [2.05, 4.69) is 33.9 Å². The smallest absolute Gasteiger partial charge is 0.114 e. The first-order chi connectivity index (χ1) is 9.70. The van der Waals surface area contributed by atoms with Crippen LogP contribution in [0.1, 0.15) is 27.2 Å². The summed E-state index contributed by atoms with van der Waals surface area (Å²) in [6.45, 7) is 7.71. The molecule has 3 heterocycles. The van der Waals surface area contributed by atoms with E-state index >= 15 is 0 Å². The highest BCUT2D eigenvalue weighted by atomic mass is 32.1. The van der Waals surface area contributed by atoms with Gasteiger partial charge in [-0.1, -0.05) is 0 Å². The molecule has 0 spiro atoms. The Morgan fingerprint density at radius 2 is 2.20 bits per heavy atom. The summed E-state index contributed by atoms with van der Waals surface area (Å²) in [5, 5.41) is 0. The molecule has 1 fully saturated rings. The van der Waals surface area contributed by atoms with E-state index in [0.29, 0.717) is 0 Å². The molecule has 20 heavy (non-hydrogen) atoms. The van der Waals surface area contributed by atoms with E-state index in [4.69, 9.17) is 4.74 Å². The lowest BCUT2D eigenvalue weighted by Crippen LogP contribution is -2.37. The van der Waals surface area contributed by atoms with Gasteiger partial charge in [-0.25, -0.2) is 0 Å². The highest BCUT2D eigenvalue weighted by Gasteiger charge is 2.23. The molecule has 1 atom stereocenters. The Balaban J connectivity index is 1.65. The van der Waals surface area contributed by atoms with Crippen molar-refractivity contribution < 1.29 is 4.74 Å². The van der Waals surface area contributed by atoms with Crippen LogP contribution in [0.5, 0.6) is 0 Å². The van der Waals surface area contributed by atoms with Crippen LogP contribution in [-0.2, 0) is 11.3 Å². The van der Waals surface area contributed by atoms with Crippen molar-refractivity contribution in [3.05, 3.63) is 45.7 Å². The fraction of sp³-hybridized carbons (Fsp3) is 0.467. The van der Waals surface area contributed by atoms with Gasteiger partial charge in [0.15, 0.2) is 0 Å². The second-order valence-corrected chi connectivity index (χ2v) is 6.56. The maximum absolute atomic E-state index is 5.84. The molecule has 0 saturated carbocycles. The molecule has 1 unspecified atom stereocenters. The molecule has 106 valence electrons. The topological polar surface area (TPSA) is 38.2 Å². The Bertz CT molecular complexity index is 567. The van der Waals surface area contributed by atoms with E-state index < -0.39 is 0 Å². The van der Waals surface area contributed by atoms with E-state index in [0.717, 1.165) is 37.6 Å². The van der Waals surface area contributed by atoms with Crippen LogP contribution in [0.3, 0.4) is 0 Å². The second kappa shape index (κ2) is 5.99. The first kappa shape index (κ1) is 13.7. The summed E-state index contributed by atoms with van der Waals surface area (Å²) in [6.07, 6.45) is 3.68. The van der Waals surface area contributed by atoms with Gasteiger partial charge in [0.05, 0.1) is 24.2 Å². The highest BCUT2D eigenvalue weighted by molar-refractivity contribution is 7.11. The van der Waals surface area contributed by atoms with Crippen molar-refractivity contribution in [3.8, 4) is 0 Å². The van der Waals surface area contributed by atoms with Crippen molar-refractivity contribution in [1.29, 1.82) is 0 Å². The molecule has 0 aliphatic carbocycles. The Hall–Kier alpha value is -1.30. The first-order valence-corrected chi connectivity index (χ1v) is 7.70. The Kier molecular flexibility index (Phi) is 4.10. The number of thiophene rings is 1. The number of nitrogens with zero attached hydrogens (tertiary/aromatic N) is 3. The third kappa shape index (κ3) is 3.23. The van der Waals surface area contributed by atoms with E-state index in [-0.39, 0.29) is 6.10 Å². The largest absolute Gasteiger partial charge is 0.369 e. The monoisotopic (exact) mass is 289 g/mol. The maximum atomic E-state index is 5.84. The van der Waals surface area contributed by atoms with Gasteiger partial charge in [0.2, 0.25) is 0 Å². The average molecular weight is 289 g/mol. The van der Waals surface area contributed by atoms with Crippen LogP contribution < -0.4 is 0 Å². The summed E-state index contributed by atoms with van der Waals surface area (Å²) < 4.78 is 5.84. The van der Waals surface area contributed by atoms with Gasteiger partial charge in [-0.05, 0) is 26.0 Å². The molecule has 4 nitrogen and oxygen atoms in total. The predicted octanol–water partition coefficient (Wildman–Crippen LogP) is 2.73. The number of aromatic nitrogens is 2. The molecule has 2 aromatic rings. The maximum Gasteiger partial charge on any atom is 0.114 e. The number of morpholine rings is 1. The lowest BCUT2D eigenvalue weighted by atomic mass is 10.2. The average Bonchev–Trinajstić information content (AvgIpc) is 2.85. The van der Waals surface area contributed by atoms with Crippen molar-refractivity contribution >= 4 is 11.3 Å². The zero-order valence-electron chi connectivity index (χ0n) is 11.9. The Morgan fingerprint density at radius 1 is 1.30 bits per heavy atom. The molecule has 1 saturated heterocycles. The molecular weight excluding hydrogens is 270 g/mol. The molecule has 3 rings (SSSR count). The summed E-state index contributed by atoms with van der Waals surface area (Å²) in [7, 11) is 0. The zero-order chi connectivity index (χ0) is 13.9. The zero-order valence-corrected chi connectivity index (χ0v) is 12.7. The summed E-state index contributed by atoms with van der Waals surface area (Å²) in [4.78, 5) is 14.0. The number of ether oxygens (including phenoxy) is 1. The molecular formula is C15H19N3OS. The van der Waals surface area contributed by atoms with E-state index in [9.17, 15) is 0 Å². The molecule has 1 aliphatic rings. The van der Waals surface area contributed by atoms with Gasteiger partial charge in [-0.15, -0.1) is 11.3 Å². The van der Waals surface area contributed by atoms with Crippen molar-refractivity contribution in [2.45, 2.75) is 26.5 Å². The molecule has 0 N–H and O–H groups in total. The summed E-state index contributed by atoms with van der Waals surface area (Å²) in [5.74, 6) is 0. The fourth-order valence-electron chi connectivity index (χ4n) is 2.38. The minimum atomic E-state index is 0.0397. The Labute approximate surface area is 123 Å². The van der Waals surface area contributed by atoms with Crippen LogP contribution in [0.25, 0.3) is 0 Å². The lowest BCUT2D eigenvalue weighted by Gasteiger charge is -2.32.